The Balaban J connectivity index is 2.27. The lowest BCUT2D eigenvalue weighted by molar-refractivity contribution is 0.0688. The summed E-state index contributed by atoms with van der Waals surface area (Å²) in [5.74, 6) is -0.274. The van der Waals surface area contributed by atoms with E-state index in [4.69, 9.17) is 5.73 Å². The van der Waals surface area contributed by atoms with E-state index in [1.165, 1.54) is 18.5 Å². The van der Waals surface area contributed by atoms with E-state index in [0.717, 1.165) is 5.56 Å². The summed E-state index contributed by atoms with van der Waals surface area (Å²) in [7, 11) is 0. The van der Waals surface area contributed by atoms with Crippen molar-refractivity contribution in [1.29, 1.82) is 0 Å². The Labute approximate surface area is 123 Å². The predicted molar refractivity (Wildman–Crippen MR) is 82.9 cm³/mol. The third-order valence-corrected chi connectivity index (χ3v) is 3.27. The Hall–Kier alpha value is -2.56. The van der Waals surface area contributed by atoms with E-state index in [2.05, 4.69) is 4.98 Å². The van der Waals surface area contributed by atoms with Crippen LogP contribution in [0.1, 0.15) is 29.8 Å². The van der Waals surface area contributed by atoms with Gasteiger partial charge in [-0.2, -0.15) is 0 Å². The smallest absolute Gasteiger partial charge is 0.259 e. The number of amides is 1. The van der Waals surface area contributed by atoms with Crippen LogP contribution < -0.4 is 11.2 Å². The molecular weight excluding hydrogens is 266 g/mol. The van der Waals surface area contributed by atoms with Gasteiger partial charge in [0.25, 0.3) is 5.91 Å². The Kier molecular flexibility index (Phi) is 4.42. The molecule has 2 rings (SSSR count). The molecule has 0 saturated carbocycles. The number of nitrogens with zero attached hydrogens (tertiary/aromatic N) is 1. The highest BCUT2D eigenvalue weighted by Crippen LogP contribution is 2.13. The molecule has 0 spiro atoms. The maximum absolute atomic E-state index is 12.6. The van der Waals surface area contributed by atoms with Gasteiger partial charge in [-0.3, -0.25) is 9.59 Å². The van der Waals surface area contributed by atoms with E-state index in [0.29, 0.717) is 12.2 Å². The Morgan fingerprint density at radius 2 is 1.90 bits per heavy atom. The molecule has 110 valence electrons. The van der Waals surface area contributed by atoms with Crippen LogP contribution in [0.5, 0.6) is 0 Å². The number of anilines is 1. The van der Waals surface area contributed by atoms with Gasteiger partial charge in [0, 0.05) is 36.7 Å². The molecule has 0 atom stereocenters. The number of benzene rings is 1. The molecule has 0 fully saturated rings. The molecule has 5 nitrogen and oxygen atoms in total. The standard InChI is InChI=1S/C16H19N3O2/c1-11(2)19(10-12-3-5-13(17)6-4-12)16(21)14-9-18-8-7-15(14)20/h3-9,11H,10,17H2,1-2H3,(H,18,20). The summed E-state index contributed by atoms with van der Waals surface area (Å²) < 4.78 is 0. The van der Waals surface area contributed by atoms with Crippen LogP contribution in [0.4, 0.5) is 5.69 Å². The van der Waals surface area contributed by atoms with Gasteiger partial charge < -0.3 is 15.6 Å². The highest BCUT2D eigenvalue weighted by molar-refractivity contribution is 5.93. The Morgan fingerprint density at radius 1 is 1.24 bits per heavy atom. The molecule has 1 aromatic heterocycles. The molecule has 1 heterocycles. The zero-order valence-corrected chi connectivity index (χ0v) is 12.2. The molecule has 2 aromatic rings. The molecule has 0 saturated heterocycles. The number of nitrogens with two attached hydrogens (primary N) is 1. The highest BCUT2D eigenvalue weighted by atomic mass is 16.2. The summed E-state index contributed by atoms with van der Waals surface area (Å²) in [5, 5.41) is 0. The second kappa shape index (κ2) is 6.26. The second-order valence-corrected chi connectivity index (χ2v) is 5.19. The molecule has 0 aliphatic heterocycles. The van der Waals surface area contributed by atoms with Crippen LogP contribution in [0.25, 0.3) is 0 Å². The van der Waals surface area contributed by atoms with Crippen molar-refractivity contribution in [1.82, 2.24) is 9.88 Å². The number of pyridine rings is 1. The Morgan fingerprint density at radius 3 is 2.48 bits per heavy atom. The SMILES string of the molecule is CC(C)N(Cc1ccc(N)cc1)C(=O)c1c[nH]ccc1=O. The number of hydrogen-bond acceptors (Lipinski definition) is 3. The topological polar surface area (TPSA) is 79.2 Å². The molecule has 0 bridgehead atoms. The number of rotatable bonds is 4. The molecule has 1 aromatic carbocycles. The fourth-order valence-corrected chi connectivity index (χ4v) is 2.05. The van der Waals surface area contributed by atoms with Crippen molar-refractivity contribution in [3.63, 3.8) is 0 Å². The monoisotopic (exact) mass is 285 g/mol. The third-order valence-electron chi connectivity index (χ3n) is 3.27. The molecule has 0 aliphatic carbocycles. The maximum atomic E-state index is 12.6. The lowest BCUT2D eigenvalue weighted by atomic mass is 10.1. The van der Waals surface area contributed by atoms with Crippen LogP contribution in [-0.4, -0.2) is 21.8 Å². The number of aromatic amines is 1. The van der Waals surface area contributed by atoms with Gasteiger partial charge >= 0.3 is 0 Å². The van der Waals surface area contributed by atoms with Crippen molar-refractivity contribution in [3.8, 4) is 0 Å². The predicted octanol–water partition coefficient (Wildman–Crippen LogP) is 2.01. The van der Waals surface area contributed by atoms with Gasteiger partial charge in [0.2, 0.25) is 0 Å². The van der Waals surface area contributed by atoms with Crippen molar-refractivity contribution in [2.24, 2.45) is 0 Å². The summed E-state index contributed by atoms with van der Waals surface area (Å²) >= 11 is 0. The molecule has 0 radical (unpaired) electrons. The van der Waals surface area contributed by atoms with E-state index < -0.39 is 0 Å². The van der Waals surface area contributed by atoms with Crippen molar-refractivity contribution < 1.29 is 4.79 Å². The highest BCUT2D eigenvalue weighted by Gasteiger charge is 2.21. The first kappa shape index (κ1) is 14.8. The minimum Gasteiger partial charge on any atom is -0.399 e. The van der Waals surface area contributed by atoms with Crippen LogP contribution in [-0.2, 0) is 6.54 Å². The van der Waals surface area contributed by atoms with Crippen LogP contribution in [0.3, 0.4) is 0 Å². The summed E-state index contributed by atoms with van der Waals surface area (Å²) in [6, 6.07) is 8.70. The number of aromatic nitrogens is 1. The number of nitrogens with one attached hydrogen (secondary N) is 1. The molecule has 0 unspecified atom stereocenters. The average Bonchev–Trinajstić information content (AvgIpc) is 2.46. The summed E-state index contributed by atoms with van der Waals surface area (Å²) in [6.07, 6.45) is 2.96. The second-order valence-electron chi connectivity index (χ2n) is 5.19. The van der Waals surface area contributed by atoms with Crippen LogP contribution >= 0.6 is 0 Å². The maximum Gasteiger partial charge on any atom is 0.259 e. The number of hydrogen-bond donors (Lipinski definition) is 2. The number of carbonyl (C=O) groups is 1. The van der Waals surface area contributed by atoms with Crippen LogP contribution in [0.2, 0.25) is 0 Å². The fourth-order valence-electron chi connectivity index (χ4n) is 2.05. The minimum atomic E-state index is -0.276. The van der Waals surface area contributed by atoms with Gasteiger partial charge in [0.1, 0.15) is 5.56 Å². The van der Waals surface area contributed by atoms with E-state index in [1.54, 1.807) is 17.0 Å². The molecule has 21 heavy (non-hydrogen) atoms. The minimum absolute atomic E-state index is 0.0188. The van der Waals surface area contributed by atoms with Gasteiger partial charge in [0.15, 0.2) is 5.43 Å². The number of H-pyrrole nitrogens is 1. The largest absolute Gasteiger partial charge is 0.399 e. The van der Waals surface area contributed by atoms with Crippen molar-refractivity contribution in [2.45, 2.75) is 26.4 Å². The summed E-state index contributed by atoms with van der Waals surface area (Å²) in [6.45, 7) is 4.28. The van der Waals surface area contributed by atoms with Crippen molar-refractivity contribution in [3.05, 3.63) is 64.1 Å². The van der Waals surface area contributed by atoms with Gasteiger partial charge in [-0.1, -0.05) is 12.1 Å². The quantitative estimate of drug-likeness (QED) is 0.843. The third kappa shape index (κ3) is 3.51. The Bertz CT molecular complexity index is 674. The normalized spacial score (nSPS) is 10.6. The summed E-state index contributed by atoms with van der Waals surface area (Å²) in [4.78, 5) is 28.8. The first-order valence-electron chi connectivity index (χ1n) is 6.81. The zero-order chi connectivity index (χ0) is 15.4. The number of nitrogen functional groups attached to an aromatic ring is 1. The van der Waals surface area contributed by atoms with Gasteiger partial charge in [-0.05, 0) is 31.5 Å². The molecule has 1 amide bonds. The fraction of sp³-hybridized carbons (Fsp3) is 0.250. The van der Waals surface area contributed by atoms with E-state index in [1.807, 2.05) is 26.0 Å². The van der Waals surface area contributed by atoms with Crippen molar-refractivity contribution in [2.75, 3.05) is 5.73 Å². The van der Waals surface area contributed by atoms with E-state index in [-0.39, 0.29) is 22.9 Å². The first-order valence-corrected chi connectivity index (χ1v) is 6.81. The van der Waals surface area contributed by atoms with Crippen LogP contribution in [0.15, 0.2) is 47.5 Å². The van der Waals surface area contributed by atoms with Crippen molar-refractivity contribution >= 4 is 11.6 Å². The van der Waals surface area contributed by atoms with Gasteiger partial charge in [-0.15, -0.1) is 0 Å². The van der Waals surface area contributed by atoms with Gasteiger partial charge in [-0.25, -0.2) is 0 Å². The van der Waals surface area contributed by atoms with Gasteiger partial charge in [0.05, 0.1) is 0 Å². The van der Waals surface area contributed by atoms with E-state index in [9.17, 15) is 9.59 Å². The molecule has 5 heteroatoms. The molecule has 0 aliphatic rings. The van der Waals surface area contributed by atoms with E-state index >= 15 is 0 Å². The molecular formula is C16H19N3O2. The number of carbonyl (C=O) groups excluding carboxylic acids is 1. The lowest BCUT2D eigenvalue weighted by Crippen LogP contribution is -2.38. The summed E-state index contributed by atoms with van der Waals surface area (Å²) in [5.41, 5.74) is 7.19. The van der Waals surface area contributed by atoms with Crippen LogP contribution in [0, 0.1) is 0 Å². The average molecular weight is 285 g/mol. The zero-order valence-electron chi connectivity index (χ0n) is 12.2. The lowest BCUT2D eigenvalue weighted by Gasteiger charge is -2.26. The first-order chi connectivity index (χ1) is 9.99. The molecule has 3 N–H and O–H groups in total.